The van der Waals surface area contributed by atoms with E-state index in [9.17, 15) is 22.8 Å². The van der Waals surface area contributed by atoms with Crippen molar-refractivity contribution in [3.63, 3.8) is 0 Å². The van der Waals surface area contributed by atoms with Crippen molar-refractivity contribution in [2.75, 3.05) is 11.4 Å². The van der Waals surface area contributed by atoms with Crippen LogP contribution in [-0.4, -0.2) is 28.3 Å². The summed E-state index contributed by atoms with van der Waals surface area (Å²) in [6.07, 6.45) is 0.760. The van der Waals surface area contributed by atoms with E-state index in [1.165, 1.54) is 0 Å². The van der Waals surface area contributed by atoms with Crippen molar-refractivity contribution >= 4 is 17.5 Å². The Morgan fingerprint density at radius 1 is 1.23 bits per heavy atom. The monoisotopic (exact) mass is 364 g/mol. The first-order chi connectivity index (χ1) is 12.3. The molecule has 2 amide bonds. The van der Waals surface area contributed by atoms with Crippen molar-refractivity contribution < 1.29 is 22.8 Å². The topological polar surface area (TPSA) is 75.2 Å². The Kier molecular flexibility index (Phi) is 4.88. The van der Waals surface area contributed by atoms with Gasteiger partial charge in [-0.3, -0.25) is 19.6 Å². The summed E-state index contributed by atoms with van der Waals surface area (Å²) < 4.78 is 37.5. The summed E-state index contributed by atoms with van der Waals surface area (Å²) >= 11 is 0. The fraction of sp³-hybridized carbons (Fsp3) is 0.294. The lowest BCUT2D eigenvalue weighted by Gasteiger charge is -2.16. The van der Waals surface area contributed by atoms with Gasteiger partial charge in [0.25, 0.3) is 5.91 Å². The molecule has 2 aromatic rings. The summed E-state index contributed by atoms with van der Waals surface area (Å²) in [7, 11) is 0. The number of halogens is 3. The Morgan fingerprint density at radius 3 is 2.65 bits per heavy atom. The highest BCUT2D eigenvalue weighted by Crippen LogP contribution is 2.27. The number of aromatic nitrogens is 2. The molecule has 3 rings (SSSR count). The van der Waals surface area contributed by atoms with Gasteiger partial charge < -0.3 is 10.2 Å². The zero-order chi connectivity index (χ0) is 18.7. The van der Waals surface area contributed by atoms with Gasteiger partial charge >= 0.3 is 6.18 Å². The van der Waals surface area contributed by atoms with Crippen molar-refractivity contribution in [1.29, 1.82) is 0 Å². The van der Waals surface area contributed by atoms with Crippen molar-refractivity contribution in [2.24, 2.45) is 0 Å². The summed E-state index contributed by atoms with van der Waals surface area (Å²) in [4.78, 5) is 32.8. The number of nitrogens with one attached hydrogen (secondary N) is 1. The quantitative estimate of drug-likeness (QED) is 0.905. The maximum absolute atomic E-state index is 12.5. The fourth-order valence-corrected chi connectivity index (χ4v) is 2.62. The summed E-state index contributed by atoms with van der Waals surface area (Å²) in [6, 6.07) is 3.58. The highest BCUT2D eigenvalue weighted by Gasteiger charge is 2.32. The smallest absolute Gasteiger partial charge is 0.348 e. The van der Waals surface area contributed by atoms with Crippen molar-refractivity contribution in [3.8, 4) is 0 Å². The van der Waals surface area contributed by atoms with Crippen LogP contribution in [0.1, 0.15) is 34.5 Å². The van der Waals surface area contributed by atoms with Gasteiger partial charge in [-0.1, -0.05) is 0 Å². The molecular weight excluding hydrogens is 349 g/mol. The zero-order valence-electron chi connectivity index (χ0n) is 13.6. The van der Waals surface area contributed by atoms with Crippen molar-refractivity contribution in [3.05, 3.63) is 53.6 Å². The number of hydrogen-bond donors (Lipinski definition) is 1. The van der Waals surface area contributed by atoms with Gasteiger partial charge in [0.2, 0.25) is 5.91 Å². The van der Waals surface area contributed by atoms with Gasteiger partial charge in [-0.25, -0.2) is 0 Å². The number of amides is 2. The van der Waals surface area contributed by atoms with Gasteiger partial charge in [0.1, 0.15) is 5.69 Å². The minimum atomic E-state index is -4.55. The molecule has 1 fully saturated rings. The number of rotatable bonds is 4. The fourth-order valence-electron chi connectivity index (χ4n) is 2.62. The number of carbonyl (C=O) groups excluding carboxylic acids is 2. The summed E-state index contributed by atoms with van der Waals surface area (Å²) in [5.74, 6) is -0.516. The van der Waals surface area contributed by atoms with Crippen LogP contribution in [0.4, 0.5) is 18.9 Å². The number of hydrogen-bond acceptors (Lipinski definition) is 4. The first-order valence-electron chi connectivity index (χ1n) is 7.90. The molecule has 136 valence electrons. The average molecular weight is 364 g/mol. The summed E-state index contributed by atoms with van der Waals surface area (Å²) in [5.41, 5.74) is 0.309. The highest BCUT2D eigenvalue weighted by atomic mass is 19.4. The molecule has 0 aliphatic carbocycles. The second kappa shape index (κ2) is 7.11. The van der Waals surface area contributed by atoms with Crippen molar-refractivity contribution in [2.45, 2.75) is 25.6 Å². The van der Waals surface area contributed by atoms with Crippen LogP contribution in [0.15, 0.2) is 36.8 Å². The van der Waals surface area contributed by atoms with E-state index in [2.05, 4.69) is 15.3 Å². The molecule has 26 heavy (non-hydrogen) atoms. The lowest BCUT2D eigenvalue weighted by atomic mass is 10.2. The summed E-state index contributed by atoms with van der Waals surface area (Å²) in [6.45, 7) is 0.760. The van der Waals surface area contributed by atoms with E-state index in [1.54, 1.807) is 23.4 Å². The lowest BCUT2D eigenvalue weighted by Crippen LogP contribution is -2.25. The second-order valence-electron chi connectivity index (χ2n) is 5.81. The third-order valence-electron chi connectivity index (χ3n) is 3.93. The van der Waals surface area contributed by atoms with E-state index in [-0.39, 0.29) is 18.0 Å². The van der Waals surface area contributed by atoms with Crippen LogP contribution in [-0.2, 0) is 17.5 Å². The molecule has 0 spiro atoms. The van der Waals surface area contributed by atoms with Gasteiger partial charge in [0.05, 0.1) is 17.4 Å². The van der Waals surface area contributed by atoms with Crippen LogP contribution in [0.2, 0.25) is 0 Å². The minimum absolute atomic E-state index is 0.0248. The molecule has 1 saturated heterocycles. The SMILES string of the molecule is O=C(NCc1cncc(N2CCCC2=O)c1)c1ccc(C(F)(F)F)nc1. The predicted octanol–water partition coefficient (Wildman–Crippen LogP) is 2.55. The Labute approximate surface area is 147 Å². The Hall–Kier alpha value is -2.97. The van der Waals surface area contributed by atoms with E-state index in [4.69, 9.17) is 0 Å². The van der Waals surface area contributed by atoms with E-state index >= 15 is 0 Å². The third kappa shape index (κ3) is 3.98. The molecule has 6 nitrogen and oxygen atoms in total. The van der Waals surface area contributed by atoms with Crippen LogP contribution in [0.25, 0.3) is 0 Å². The molecule has 1 N–H and O–H groups in total. The van der Waals surface area contributed by atoms with Crippen LogP contribution in [0, 0.1) is 0 Å². The van der Waals surface area contributed by atoms with Gasteiger partial charge in [0, 0.05) is 31.9 Å². The average Bonchev–Trinajstić information content (AvgIpc) is 3.05. The molecule has 1 aliphatic rings. The maximum atomic E-state index is 12.5. The van der Waals surface area contributed by atoms with E-state index in [1.807, 2.05) is 0 Å². The molecule has 3 heterocycles. The molecule has 0 bridgehead atoms. The molecule has 1 aliphatic heterocycles. The minimum Gasteiger partial charge on any atom is -0.348 e. The first kappa shape index (κ1) is 17.8. The Morgan fingerprint density at radius 2 is 2.04 bits per heavy atom. The van der Waals surface area contributed by atoms with Gasteiger partial charge in [0.15, 0.2) is 0 Å². The molecular formula is C17H15F3N4O2. The van der Waals surface area contributed by atoms with E-state index in [0.29, 0.717) is 24.2 Å². The van der Waals surface area contributed by atoms with E-state index < -0.39 is 17.8 Å². The lowest BCUT2D eigenvalue weighted by molar-refractivity contribution is -0.141. The molecule has 0 unspecified atom stereocenters. The molecule has 9 heteroatoms. The van der Waals surface area contributed by atoms with Gasteiger partial charge in [-0.05, 0) is 30.2 Å². The molecule has 0 saturated carbocycles. The van der Waals surface area contributed by atoms with Crippen LogP contribution in [0.3, 0.4) is 0 Å². The molecule has 0 radical (unpaired) electrons. The first-order valence-corrected chi connectivity index (χ1v) is 7.90. The number of alkyl halides is 3. The van der Waals surface area contributed by atoms with Gasteiger partial charge in [-0.2, -0.15) is 13.2 Å². The van der Waals surface area contributed by atoms with Gasteiger partial charge in [-0.15, -0.1) is 0 Å². The predicted molar refractivity (Wildman–Crippen MR) is 86.2 cm³/mol. The third-order valence-corrected chi connectivity index (χ3v) is 3.93. The van der Waals surface area contributed by atoms with Crippen LogP contribution in [0.5, 0.6) is 0 Å². The molecule has 0 aromatic carbocycles. The second-order valence-corrected chi connectivity index (χ2v) is 5.81. The van der Waals surface area contributed by atoms with E-state index in [0.717, 1.165) is 24.8 Å². The normalized spacial score (nSPS) is 14.6. The molecule has 2 aromatic heterocycles. The van der Waals surface area contributed by atoms with Crippen LogP contribution >= 0.6 is 0 Å². The van der Waals surface area contributed by atoms with Crippen LogP contribution < -0.4 is 10.2 Å². The molecule has 0 atom stereocenters. The standard InChI is InChI=1S/C17H15F3N4O2/c18-17(19,20)14-4-3-12(9-22-14)16(26)23-8-11-6-13(10-21-7-11)24-5-1-2-15(24)25/h3-4,6-7,9-10H,1-2,5,8H2,(H,23,26). The maximum Gasteiger partial charge on any atom is 0.433 e. The Balaban J connectivity index is 1.63. The number of pyridine rings is 2. The highest BCUT2D eigenvalue weighted by molar-refractivity contribution is 5.95. The Bertz CT molecular complexity index is 822. The number of anilines is 1. The largest absolute Gasteiger partial charge is 0.433 e. The number of carbonyl (C=O) groups is 2. The summed E-state index contributed by atoms with van der Waals surface area (Å²) in [5, 5.41) is 2.60. The number of nitrogens with zero attached hydrogens (tertiary/aromatic N) is 3. The zero-order valence-corrected chi connectivity index (χ0v) is 13.6. The van der Waals surface area contributed by atoms with Crippen molar-refractivity contribution in [1.82, 2.24) is 15.3 Å².